The summed E-state index contributed by atoms with van der Waals surface area (Å²) < 4.78 is 0. The van der Waals surface area contributed by atoms with E-state index in [1.807, 2.05) is 18.2 Å². The quantitative estimate of drug-likeness (QED) is 0.776. The SMILES string of the molecule is Clc1ccc(N2CCNC2)cc1Cl. The molecule has 0 unspecified atom stereocenters. The second-order valence-corrected chi connectivity index (χ2v) is 3.83. The Bertz CT molecular complexity index is 308. The molecule has 1 aliphatic heterocycles. The Balaban J connectivity index is 2.25. The first kappa shape index (κ1) is 9.13. The number of nitrogens with one attached hydrogen (secondary N) is 1. The third-order valence-corrected chi connectivity index (χ3v) is 2.87. The van der Waals surface area contributed by atoms with Gasteiger partial charge in [0.2, 0.25) is 0 Å². The van der Waals surface area contributed by atoms with Gasteiger partial charge in [-0.15, -0.1) is 0 Å². The van der Waals surface area contributed by atoms with Gasteiger partial charge in [0.15, 0.2) is 0 Å². The summed E-state index contributed by atoms with van der Waals surface area (Å²) in [6.45, 7) is 2.94. The van der Waals surface area contributed by atoms with E-state index in [-0.39, 0.29) is 0 Å². The Morgan fingerprint density at radius 2 is 2.08 bits per heavy atom. The van der Waals surface area contributed by atoms with Gasteiger partial charge in [-0.2, -0.15) is 0 Å². The third kappa shape index (κ3) is 1.90. The smallest absolute Gasteiger partial charge is 0.0683 e. The van der Waals surface area contributed by atoms with Crippen molar-refractivity contribution in [1.82, 2.24) is 5.32 Å². The fraction of sp³-hybridized carbons (Fsp3) is 0.333. The maximum atomic E-state index is 5.91. The lowest BCUT2D eigenvalue weighted by Gasteiger charge is -2.16. The molecule has 1 fully saturated rings. The van der Waals surface area contributed by atoms with Crippen molar-refractivity contribution in [2.45, 2.75) is 0 Å². The summed E-state index contributed by atoms with van der Waals surface area (Å²) >= 11 is 11.7. The van der Waals surface area contributed by atoms with E-state index >= 15 is 0 Å². The highest BCUT2D eigenvalue weighted by Gasteiger charge is 2.12. The van der Waals surface area contributed by atoms with Crippen molar-refractivity contribution < 1.29 is 0 Å². The highest BCUT2D eigenvalue weighted by molar-refractivity contribution is 6.42. The highest BCUT2D eigenvalue weighted by atomic mass is 35.5. The van der Waals surface area contributed by atoms with Gasteiger partial charge in [-0.3, -0.25) is 5.32 Å². The molecule has 4 heteroatoms. The molecule has 0 saturated carbocycles. The van der Waals surface area contributed by atoms with Crippen molar-refractivity contribution in [3.63, 3.8) is 0 Å². The molecule has 1 aliphatic rings. The van der Waals surface area contributed by atoms with Crippen LogP contribution in [0.5, 0.6) is 0 Å². The molecule has 0 radical (unpaired) electrons. The van der Waals surface area contributed by atoms with E-state index in [1.165, 1.54) is 0 Å². The normalized spacial score (nSPS) is 16.6. The van der Waals surface area contributed by atoms with Crippen molar-refractivity contribution in [2.75, 3.05) is 24.7 Å². The predicted octanol–water partition coefficient (Wildman–Crippen LogP) is 2.36. The summed E-state index contributed by atoms with van der Waals surface area (Å²) in [4.78, 5) is 2.22. The van der Waals surface area contributed by atoms with E-state index in [1.54, 1.807) is 0 Å². The summed E-state index contributed by atoms with van der Waals surface area (Å²) in [6.07, 6.45) is 0. The fourth-order valence-corrected chi connectivity index (χ4v) is 1.70. The first-order valence-electron chi connectivity index (χ1n) is 4.18. The molecular weight excluding hydrogens is 207 g/mol. The largest absolute Gasteiger partial charge is 0.357 e. The maximum Gasteiger partial charge on any atom is 0.0683 e. The molecule has 1 heterocycles. The van der Waals surface area contributed by atoms with Crippen molar-refractivity contribution in [1.29, 1.82) is 0 Å². The average Bonchev–Trinajstić information content (AvgIpc) is 2.62. The molecule has 0 atom stereocenters. The fourth-order valence-electron chi connectivity index (χ4n) is 1.41. The molecule has 13 heavy (non-hydrogen) atoms. The van der Waals surface area contributed by atoms with Gasteiger partial charge in [-0.05, 0) is 18.2 Å². The van der Waals surface area contributed by atoms with Gasteiger partial charge in [0, 0.05) is 18.8 Å². The third-order valence-electron chi connectivity index (χ3n) is 2.13. The number of hydrogen-bond acceptors (Lipinski definition) is 2. The average molecular weight is 217 g/mol. The number of benzene rings is 1. The standard InChI is InChI=1S/C9H10Cl2N2/c10-8-2-1-7(5-9(8)11)13-4-3-12-6-13/h1-2,5,12H,3-4,6H2. The number of hydrogen-bond donors (Lipinski definition) is 1. The zero-order chi connectivity index (χ0) is 9.26. The topological polar surface area (TPSA) is 15.3 Å². The first-order valence-corrected chi connectivity index (χ1v) is 4.94. The summed E-state index contributed by atoms with van der Waals surface area (Å²) in [7, 11) is 0. The van der Waals surface area contributed by atoms with Gasteiger partial charge in [0.25, 0.3) is 0 Å². The lowest BCUT2D eigenvalue weighted by atomic mass is 10.3. The second-order valence-electron chi connectivity index (χ2n) is 3.02. The number of rotatable bonds is 1. The zero-order valence-corrected chi connectivity index (χ0v) is 8.57. The minimum atomic E-state index is 0.609. The van der Waals surface area contributed by atoms with Crippen LogP contribution in [0.1, 0.15) is 0 Å². The second kappa shape index (κ2) is 3.74. The molecule has 1 aromatic rings. The van der Waals surface area contributed by atoms with Crippen LogP contribution in [-0.4, -0.2) is 19.8 Å². The van der Waals surface area contributed by atoms with Gasteiger partial charge >= 0.3 is 0 Å². The summed E-state index contributed by atoms with van der Waals surface area (Å²) in [5.74, 6) is 0. The number of halogens is 2. The van der Waals surface area contributed by atoms with Crippen molar-refractivity contribution in [3.05, 3.63) is 28.2 Å². The lowest BCUT2D eigenvalue weighted by molar-refractivity contribution is 0.855. The molecule has 2 rings (SSSR count). The van der Waals surface area contributed by atoms with Gasteiger partial charge < -0.3 is 4.90 Å². The molecule has 0 aromatic heterocycles. The molecular formula is C9H10Cl2N2. The monoisotopic (exact) mass is 216 g/mol. The van der Waals surface area contributed by atoms with E-state index in [2.05, 4.69) is 10.2 Å². The summed E-state index contributed by atoms with van der Waals surface area (Å²) in [6, 6.07) is 5.72. The zero-order valence-electron chi connectivity index (χ0n) is 7.06. The van der Waals surface area contributed by atoms with Crippen LogP contribution in [0.4, 0.5) is 5.69 Å². The van der Waals surface area contributed by atoms with Crippen LogP contribution in [0.3, 0.4) is 0 Å². The van der Waals surface area contributed by atoms with Crippen LogP contribution < -0.4 is 10.2 Å². The molecule has 1 saturated heterocycles. The molecule has 1 N–H and O–H groups in total. The predicted molar refractivity (Wildman–Crippen MR) is 56.7 cm³/mol. The molecule has 0 spiro atoms. The maximum absolute atomic E-state index is 5.91. The minimum absolute atomic E-state index is 0.609. The number of anilines is 1. The van der Waals surface area contributed by atoms with E-state index < -0.39 is 0 Å². The first-order chi connectivity index (χ1) is 6.27. The molecule has 1 aromatic carbocycles. The van der Waals surface area contributed by atoms with Gasteiger partial charge in [-0.1, -0.05) is 23.2 Å². The highest BCUT2D eigenvalue weighted by Crippen LogP contribution is 2.27. The van der Waals surface area contributed by atoms with E-state index in [0.717, 1.165) is 25.4 Å². The van der Waals surface area contributed by atoms with Crippen LogP contribution in [-0.2, 0) is 0 Å². The van der Waals surface area contributed by atoms with E-state index in [0.29, 0.717) is 10.0 Å². The van der Waals surface area contributed by atoms with Crippen LogP contribution in [0, 0.1) is 0 Å². The van der Waals surface area contributed by atoms with Gasteiger partial charge in [0.1, 0.15) is 0 Å². The molecule has 2 nitrogen and oxygen atoms in total. The Morgan fingerprint density at radius 1 is 1.23 bits per heavy atom. The van der Waals surface area contributed by atoms with E-state index in [4.69, 9.17) is 23.2 Å². The summed E-state index contributed by atoms with van der Waals surface area (Å²) in [5.41, 5.74) is 1.12. The van der Waals surface area contributed by atoms with Crippen molar-refractivity contribution in [3.8, 4) is 0 Å². The Hall–Kier alpha value is -0.440. The summed E-state index contributed by atoms with van der Waals surface area (Å²) in [5, 5.41) is 4.48. The van der Waals surface area contributed by atoms with Crippen LogP contribution in [0.15, 0.2) is 18.2 Å². The van der Waals surface area contributed by atoms with Crippen LogP contribution in [0.2, 0.25) is 10.0 Å². The van der Waals surface area contributed by atoms with Crippen LogP contribution >= 0.6 is 23.2 Å². The molecule has 70 valence electrons. The minimum Gasteiger partial charge on any atom is -0.357 e. The van der Waals surface area contributed by atoms with Crippen molar-refractivity contribution in [2.24, 2.45) is 0 Å². The van der Waals surface area contributed by atoms with E-state index in [9.17, 15) is 0 Å². The molecule has 0 aliphatic carbocycles. The molecule has 0 bridgehead atoms. The van der Waals surface area contributed by atoms with Gasteiger partial charge in [0.05, 0.1) is 16.7 Å². The van der Waals surface area contributed by atoms with Gasteiger partial charge in [-0.25, -0.2) is 0 Å². The molecule has 0 amide bonds. The number of nitrogens with zero attached hydrogens (tertiary/aromatic N) is 1. The Kier molecular flexibility index (Phi) is 2.63. The van der Waals surface area contributed by atoms with Crippen LogP contribution in [0.25, 0.3) is 0 Å². The van der Waals surface area contributed by atoms with Crippen molar-refractivity contribution >= 4 is 28.9 Å². The Labute approximate surface area is 87.4 Å². The lowest BCUT2D eigenvalue weighted by Crippen LogP contribution is -2.20. The Morgan fingerprint density at radius 3 is 2.69 bits per heavy atom.